The molecule has 0 saturated heterocycles. The first-order valence-corrected chi connectivity index (χ1v) is 11.8. The van der Waals surface area contributed by atoms with Crippen LogP contribution in [0.25, 0.3) is 0 Å². The second-order valence-electron chi connectivity index (χ2n) is 7.79. The van der Waals surface area contributed by atoms with Gasteiger partial charge < -0.3 is 9.30 Å². The number of benzene rings is 2. The number of rotatable bonds is 8. The van der Waals surface area contributed by atoms with E-state index >= 15 is 0 Å². The molecular weight excluding hydrogens is 437 g/mol. The van der Waals surface area contributed by atoms with Crippen LogP contribution < -0.4 is 4.74 Å². The van der Waals surface area contributed by atoms with Gasteiger partial charge in [-0.2, -0.15) is 0 Å². The molecule has 0 aliphatic carbocycles. The number of aromatic nitrogens is 3. The quantitative estimate of drug-likeness (QED) is 0.320. The van der Waals surface area contributed by atoms with E-state index in [4.69, 9.17) is 27.9 Å². The second kappa shape index (κ2) is 10.1. The van der Waals surface area contributed by atoms with Crippen LogP contribution in [-0.2, 0) is 5.75 Å². The third kappa shape index (κ3) is 5.32. The van der Waals surface area contributed by atoms with Crippen LogP contribution in [0.3, 0.4) is 0 Å². The summed E-state index contributed by atoms with van der Waals surface area (Å²) in [6, 6.07) is 14.1. The number of hydrogen-bond donors (Lipinski definition) is 0. The minimum absolute atomic E-state index is 0.206. The largest absolute Gasteiger partial charge is 0.482 e. The number of nitrogens with zero attached hydrogens (tertiary/aromatic N) is 3. The monoisotopic (exact) mass is 463 g/mol. The summed E-state index contributed by atoms with van der Waals surface area (Å²) in [5, 5.41) is 10.9. The minimum atomic E-state index is -0.223. The number of para-hydroxylation sites is 1. The highest BCUT2D eigenvalue weighted by Gasteiger charge is 2.22. The van der Waals surface area contributed by atoms with Crippen molar-refractivity contribution in [1.82, 2.24) is 14.8 Å². The summed E-state index contributed by atoms with van der Waals surface area (Å²) in [6.45, 7) is 10.6. The van der Waals surface area contributed by atoms with Gasteiger partial charge in [-0.3, -0.25) is 0 Å². The van der Waals surface area contributed by atoms with E-state index in [-0.39, 0.29) is 12.1 Å². The second-order valence-corrected chi connectivity index (χ2v) is 9.55. The first-order valence-electron chi connectivity index (χ1n) is 10.0. The van der Waals surface area contributed by atoms with Gasteiger partial charge in [0.1, 0.15) is 5.75 Å². The van der Waals surface area contributed by atoms with Crippen LogP contribution in [0.5, 0.6) is 5.75 Å². The van der Waals surface area contributed by atoms with Crippen molar-refractivity contribution in [2.45, 2.75) is 63.6 Å². The summed E-state index contributed by atoms with van der Waals surface area (Å²) in [4.78, 5) is 0. The van der Waals surface area contributed by atoms with E-state index in [0.29, 0.717) is 16.0 Å². The molecule has 0 radical (unpaired) electrons. The maximum atomic E-state index is 6.32. The lowest BCUT2D eigenvalue weighted by atomic mass is 10.0. The van der Waals surface area contributed by atoms with Gasteiger partial charge in [0.2, 0.25) is 0 Å². The zero-order chi connectivity index (χ0) is 21.8. The van der Waals surface area contributed by atoms with Crippen molar-refractivity contribution in [3.63, 3.8) is 0 Å². The molecule has 160 valence electrons. The van der Waals surface area contributed by atoms with E-state index < -0.39 is 0 Å². The third-order valence-corrected chi connectivity index (χ3v) is 6.52. The summed E-state index contributed by atoms with van der Waals surface area (Å²) < 4.78 is 8.47. The van der Waals surface area contributed by atoms with Crippen LogP contribution in [0.4, 0.5) is 0 Å². The molecule has 1 unspecified atom stereocenters. The Morgan fingerprint density at radius 2 is 1.70 bits per heavy atom. The molecule has 1 aromatic heterocycles. The van der Waals surface area contributed by atoms with Gasteiger partial charge >= 0.3 is 0 Å². The van der Waals surface area contributed by atoms with E-state index in [0.717, 1.165) is 28.0 Å². The molecule has 4 nitrogen and oxygen atoms in total. The van der Waals surface area contributed by atoms with E-state index in [2.05, 4.69) is 48.5 Å². The predicted molar refractivity (Wildman–Crippen MR) is 126 cm³/mol. The van der Waals surface area contributed by atoms with Gasteiger partial charge in [-0.05, 0) is 56.0 Å². The summed E-state index contributed by atoms with van der Waals surface area (Å²) in [7, 11) is 0. The van der Waals surface area contributed by atoms with Gasteiger partial charge in [-0.25, -0.2) is 0 Å². The lowest BCUT2D eigenvalue weighted by molar-refractivity contribution is 0.204. The lowest BCUT2D eigenvalue weighted by Gasteiger charge is -2.21. The maximum Gasteiger partial charge on any atom is 0.191 e. The summed E-state index contributed by atoms with van der Waals surface area (Å²) in [5.41, 5.74) is 2.28. The maximum absolute atomic E-state index is 6.32. The van der Waals surface area contributed by atoms with Crippen molar-refractivity contribution < 1.29 is 4.74 Å². The molecule has 0 saturated carbocycles. The van der Waals surface area contributed by atoms with Crippen molar-refractivity contribution in [3.05, 3.63) is 69.5 Å². The molecule has 3 aromatic rings. The Kier molecular flexibility index (Phi) is 7.72. The average molecular weight is 464 g/mol. The number of thioether (sulfide) groups is 1. The molecule has 0 N–H and O–H groups in total. The smallest absolute Gasteiger partial charge is 0.191 e. The Labute approximate surface area is 193 Å². The van der Waals surface area contributed by atoms with Crippen molar-refractivity contribution in [1.29, 1.82) is 0 Å². The van der Waals surface area contributed by atoms with Gasteiger partial charge in [-0.1, -0.05) is 73.1 Å². The molecule has 1 atom stereocenters. The molecule has 0 spiro atoms. The SMILES string of the molecule is CC(C)c1ccccc1OC(C)c1nnc(SCc2ccc(Cl)c(Cl)c2)n1C(C)C. The Bertz CT molecular complexity index is 1000. The zero-order valence-corrected chi connectivity index (χ0v) is 20.2. The van der Waals surface area contributed by atoms with Gasteiger partial charge in [-0.15, -0.1) is 10.2 Å². The highest BCUT2D eigenvalue weighted by atomic mass is 35.5. The highest BCUT2D eigenvalue weighted by molar-refractivity contribution is 7.98. The fraction of sp³-hybridized carbons (Fsp3) is 0.391. The molecule has 0 aliphatic rings. The van der Waals surface area contributed by atoms with E-state index in [9.17, 15) is 0 Å². The first kappa shape index (κ1) is 23.0. The Balaban J connectivity index is 1.80. The molecule has 0 amide bonds. The van der Waals surface area contributed by atoms with Crippen LogP contribution >= 0.6 is 35.0 Å². The molecule has 0 fully saturated rings. The summed E-state index contributed by atoms with van der Waals surface area (Å²) >= 11 is 13.8. The van der Waals surface area contributed by atoms with Crippen molar-refractivity contribution in [2.24, 2.45) is 0 Å². The zero-order valence-electron chi connectivity index (χ0n) is 17.9. The predicted octanol–water partition coefficient (Wildman–Crippen LogP) is 7.72. The Hall–Kier alpha value is -1.69. The topological polar surface area (TPSA) is 39.9 Å². The highest BCUT2D eigenvalue weighted by Crippen LogP contribution is 2.33. The van der Waals surface area contributed by atoms with E-state index in [1.54, 1.807) is 11.8 Å². The van der Waals surface area contributed by atoms with Gasteiger partial charge in [0, 0.05) is 11.8 Å². The van der Waals surface area contributed by atoms with Gasteiger partial charge in [0.05, 0.1) is 10.0 Å². The molecule has 7 heteroatoms. The molecule has 30 heavy (non-hydrogen) atoms. The average Bonchev–Trinajstić information content (AvgIpc) is 3.13. The first-order chi connectivity index (χ1) is 14.3. The van der Waals surface area contributed by atoms with Gasteiger partial charge in [0.25, 0.3) is 0 Å². The summed E-state index contributed by atoms with van der Waals surface area (Å²) in [6.07, 6.45) is -0.223. The van der Waals surface area contributed by atoms with Gasteiger partial charge in [0.15, 0.2) is 17.1 Å². The molecule has 3 rings (SSSR count). The van der Waals surface area contributed by atoms with Crippen molar-refractivity contribution >= 4 is 35.0 Å². The molecule has 0 bridgehead atoms. The van der Waals surface area contributed by atoms with Crippen LogP contribution in [0.2, 0.25) is 10.0 Å². The summed E-state index contributed by atoms with van der Waals surface area (Å²) in [5.74, 6) is 2.82. The van der Waals surface area contributed by atoms with Crippen LogP contribution in [-0.4, -0.2) is 14.8 Å². The Morgan fingerprint density at radius 3 is 2.37 bits per heavy atom. The molecular formula is C23H27Cl2N3OS. The van der Waals surface area contributed by atoms with Crippen LogP contribution in [0.15, 0.2) is 47.6 Å². The normalized spacial score (nSPS) is 12.6. The standard InChI is InChI=1S/C23H27Cl2N3OS/c1-14(2)18-8-6-7-9-21(18)29-16(5)22-26-27-23(28(22)15(3)4)30-13-17-10-11-19(24)20(25)12-17/h6-12,14-16H,13H2,1-5H3. The molecule has 0 aliphatic heterocycles. The lowest BCUT2D eigenvalue weighted by Crippen LogP contribution is -2.15. The number of ether oxygens (including phenoxy) is 1. The Morgan fingerprint density at radius 1 is 0.967 bits per heavy atom. The van der Waals surface area contributed by atoms with E-state index in [1.807, 2.05) is 43.3 Å². The van der Waals surface area contributed by atoms with E-state index in [1.165, 1.54) is 5.56 Å². The number of hydrogen-bond acceptors (Lipinski definition) is 4. The van der Waals surface area contributed by atoms with Crippen molar-refractivity contribution in [2.75, 3.05) is 0 Å². The fourth-order valence-corrected chi connectivity index (χ4v) is 4.57. The number of halogens is 2. The van der Waals surface area contributed by atoms with Crippen LogP contribution in [0, 0.1) is 0 Å². The molecule has 1 heterocycles. The minimum Gasteiger partial charge on any atom is -0.482 e. The fourth-order valence-electron chi connectivity index (χ4n) is 3.23. The van der Waals surface area contributed by atoms with Crippen LogP contribution in [0.1, 0.15) is 69.6 Å². The van der Waals surface area contributed by atoms with Crippen molar-refractivity contribution in [3.8, 4) is 5.75 Å². The third-order valence-electron chi connectivity index (χ3n) is 4.77. The molecule has 2 aromatic carbocycles.